The van der Waals surface area contributed by atoms with Gasteiger partial charge in [0.2, 0.25) is 10.0 Å². The fourth-order valence-electron chi connectivity index (χ4n) is 1.42. The van der Waals surface area contributed by atoms with Crippen LogP contribution in [0.5, 0.6) is 0 Å². The van der Waals surface area contributed by atoms with Crippen LogP contribution < -0.4 is 4.72 Å². The summed E-state index contributed by atoms with van der Waals surface area (Å²) in [6, 6.07) is 0. The van der Waals surface area contributed by atoms with Crippen LogP contribution in [0.3, 0.4) is 0 Å². The standard InChI is InChI=1S/C10H18N2O2S/c1-3-7-12(9-10-4-5-10)8-6-11-15(2,13)14/h1,10-11H,4-9H2,2H3. The highest BCUT2D eigenvalue weighted by atomic mass is 32.2. The van der Waals surface area contributed by atoms with Gasteiger partial charge in [0.05, 0.1) is 12.8 Å². The van der Waals surface area contributed by atoms with Gasteiger partial charge >= 0.3 is 0 Å². The van der Waals surface area contributed by atoms with Crippen molar-refractivity contribution in [3.8, 4) is 12.3 Å². The van der Waals surface area contributed by atoms with Gasteiger partial charge in [-0.1, -0.05) is 5.92 Å². The van der Waals surface area contributed by atoms with Gasteiger partial charge in [0.1, 0.15) is 0 Å². The van der Waals surface area contributed by atoms with Crippen molar-refractivity contribution in [1.82, 2.24) is 9.62 Å². The van der Waals surface area contributed by atoms with Crippen LogP contribution in [0.1, 0.15) is 12.8 Å². The summed E-state index contributed by atoms with van der Waals surface area (Å²) in [5.41, 5.74) is 0. The van der Waals surface area contributed by atoms with E-state index in [4.69, 9.17) is 6.42 Å². The minimum Gasteiger partial charge on any atom is -0.291 e. The van der Waals surface area contributed by atoms with Crippen LogP contribution in [0.25, 0.3) is 0 Å². The molecule has 0 bridgehead atoms. The molecule has 1 saturated carbocycles. The molecule has 0 atom stereocenters. The lowest BCUT2D eigenvalue weighted by molar-refractivity contribution is 0.299. The first-order valence-corrected chi connectivity index (χ1v) is 7.01. The van der Waals surface area contributed by atoms with Gasteiger partial charge in [0.15, 0.2) is 0 Å². The third-order valence-corrected chi connectivity index (χ3v) is 3.05. The molecule has 1 aliphatic rings. The van der Waals surface area contributed by atoms with E-state index in [-0.39, 0.29) is 0 Å². The first kappa shape index (κ1) is 12.5. The summed E-state index contributed by atoms with van der Waals surface area (Å²) in [6.45, 7) is 2.72. The van der Waals surface area contributed by atoms with Crippen molar-refractivity contribution >= 4 is 10.0 Å². The zero-order chi connectivity index (χ0) is 11.3. The van der Waals surface area contributed by atoms with Gasteiger partial charge in [0.25, 0.3) is 0 Å². The van der Waals surface area contributed by atoms with Crippen LogP contribution in [0.2, 0.25) is 0 Å². The first-order valence-electron chi connectivity index (χ1n) is 5.11. The Balaban J connectivity index is 2.21. The predicted molar refractivity (Wildman–Crippen MR) is 60.8 cm³/mol. The monoisotopic (exact) mass is 230 g/mol. The average molecular weight is 230 g/mol. The largest absolute Gasteiger partial charge is 0.291 e. The van der Waals surface area contributed by atoms with E-state index in [1.165, 1.54) is 19.1 Å². The van der Waals surface area contributed by atoms with Crippen LogP contribution in [0, 0.1) is 18.3 Å². The fraction of sp³-hybridized carbons (Fsp3) is 0.800. The molecular formula is C10H18N2O2S. The van der Waals surface area contributed by atoms with Crippen LogP contribution in [0.15, 0.2) is 0 Å². The summed E-state index contributed by atoms with van der Waals surface area (Å²) in [6.07, 6.45) is 8.98. The Morgan fingerprint density at radius 2 is 2.20 bits per heavy atom. The topological polar surface area (TPSA) is 49.4 Å². The van der Waals surface area contributed by atoms with Gasteiger partial charge in [-0.3, -0.25) is 4.90 Å². The molecule has 0 amide bonds. The summed E-state index contributed by atoms with van der Waals surface area (Å²) in [4.78, 5) is 2.12. The molecule has 1 aliphatic carbocycles. The molecule has 1 N–H and O–H groups in total. The fourth-order valence-corrected chi connectivity index (χ4v) is 1.88. The van der Waals surface area contributed by atoms with E-state index >= 15 is 0 Å². The second-order valence-electron chi connectivity index (χ2n) is 4.05. The Bertz CT molecular complexity index is 328. The van der Waals surface area contributed by atoms with Crippen molar-refractivity contribution in [2.75, 3.05) is 32.4 Å². The lowest BCUT2D eigenvalue weighted by Gasteiger charge is -2.19. The summed E-state index contributed by atoms with van der Waals surface area (Å²) in [5, 5.41) is 0. The van der Waals surface area contributed by atoms with E-state index in [1.54, 1.807) is 0 Å². The van der Waals surface area contributed by atoms with E-state index in [0.717, 1.165) is 12.5 Å². The quantitative estimate of drug-likeness (QED) is 0.620. The van der Waals surface area contributed by atoms with E-state index in [1.807, 2.05) is 0 Å². The molecule has 15 heavy (non-hydrogen) atoms. The summed E-state index contributed by atoms with van der Waals surface area (Å²) in [7, 11) is -3.08. The highest BCUT2D eigenvalue weighted by molar-refractivity contribution is 7.88. The van der Waals surface area contributed by atoms with Gasteiger partial charge in [-0.25, -0.2) is 13.1 Å². The molecule has 0 aromatic rings. The molecule has 0 radical (unpaired) electrons. The van der Waals surface area contributed by atoms with E-state index in [2.05, 4.69) is 15.5 Å². The van der Waals surface area contributed by atoms with Crippen molar-refractivity contribution in [3.63, 3.8) is 0 Å². The number of nitrogens with one attached hydrogen (secondary N) is 1. The second-order valence-corrected chi connectivity index (χ2v) is 5.88. The molecule has 1 rings (SSSR count). The highest BCUT2D eigenvalue weighted by Crippen LogP contribution is 2.29. The van der Waals surface area contributed by atoms with Gasteiger partial charge in [0, 0.05) is 19.6 Å². The molecule has 0 aromatic carbocycles. The minimum atomic E-state index is -3.08. The van der Waals surface area contributed by atoms with E-state index in [9.17, 15) is 8.42 Å². The van der Waals surface area contributed by atoms with Crippen molar-refractivity contribution < 1.29 is 8.42 Å². The molecule has 0 heterocycles. The van der Waals surface area contributed by atoms with Crippen molar-refractivity contribution in [1.29, 1.82) is 0 Å². The van der Waals surface area contributed by atoms with Gasteiger partial charge in [-0.05, 0) is 18.8 Å². The zero-order valence-electron chi connectivity index (χ0n) is 9.07. The first-order chi connectivity index (χ1) is 7.01. The maximum atomic E-state index is 10.8. The SMILES string of the molecule is C#CCN(CCNS(C)(=O)=O)CC1CC1. The molecule has 0 aliphatic heterocycles. The van der Waals surface area contributed by atoms with Gasteiger partial charge in [-0.15, -0.1) is 6.42 Å². The number of terminal acetylenes is 1. The number of hydrogen-bond acceptors (Lipinski definition) is 3. The van der Waals surface area contributed by atoms with Crippen LogP contribution >= 0.6 is 0 Å². The highest BCUT2D eigenvalue weighted by Gasteiger charge is 2.23. The number of hydrogen-bond donors (Lipinski definition) is 1. The Labute approximate surface area is 92.1 Å². The number of nitrogens with zero attached hydrogens (tertiary/aromatic N) is 1. The lowest BCUT2D eigenvalue weighted by Crippen LogP contribution is -2.35. The van der Waals surface area contributed by atoms with Crippen LogP contribution in [-0.2, 0) is 10.0 Å². The molecule has 86 valence electrons. The van der Waals surface area contributed by atoms with Crippen molar-refractivity contribution in [3.05, 3.63) is 0 Å². The minimum absolute atomic E-state index is 0.438. The molecule has 0 saturated heterocycles. The second kappa shape index (κ2) is 5.50. The van der Waals surface area contributed by atoms with Gasteiger partial charge in [-0.2, -0.15) is 0 Å². The maximum absolute atomic E-state index is 10.8. The average Bonchev–Trinajstić information content (AvgIpc) is 2.86. The van der Waals surface area contributed by atoms with E-state index in [0.29, 0.717) is 19.6 Å². The smallest absolute Gasteiger partial charge is 0.208 e. The third-order valence-electron chi connectivity index (χ3n) is 2.32. The Morgan fingerprint density at radius 3 is 2.67 bits per heavy atom. The molecule has 0 unspecified atom stereocenters. The summed E-state index contributed by atoms with van der Waals surface area (Å²) < 4.78 is 24.1. The number of sulfonamides is 1. The Morgan fingerprint density at radius 1 is 1.53 bits per heavy atom. The Kier molecular flexibility index (Phi) is 4.58. The molecule has 5 heteroatoms. The third kappa shape index (κ3) is 6.50. The predicted octanol–water partition coefficient (Wildman–Crippen LogP) is -0.119. The van der Waals surface area contributed by atoms with Crippen LogP contribution in [-0.4, -0.2) is 45.8 Å². The molecule has 4 nitrogen and oxygen atoms in total. The zero-order valence-corrected chi connectivity index (χ0v) is 9.89. The molecular weight excluding hydrogens is 212 g/mol. The van der Waals surface area contributed by atoms with Crippen molar-refractivity contribution in [2.45, 2.75) is 12.8 Å². The molecule has 1 fully saturated rings. The van der Waals surface area contributed by atoms with Gasteiger partial charge < -0.3 is 0 Å². The lowest BCUT2D eigenvalue weighted by atomic mass is 10.3. The van der Waals surface area contributed by atoms with E-state index < -0.39 is 10.0 Å². The summed E-state index contributed by atoms with van der Waals surface area (Å²) in [5.74, 6) is 3.37. The maximum Gasteiger partial charge on any atom is 0.208 e. The normalized spacial score (nSPS) is 16.6. The summed E-state index contributed by atoms with van der Waals surface area (Å²) >= 11 is 0. The molecule has 0 aromatic heterocycles. The molecule has 0 spiro atoms. The number of rotatable bonds is 7. The Hall–Kier alpha value is -0.570. The van der Waals surface area contributed by atoms with Crippen molar-refractivity contribution in [2.24, 2.45) is 5.92 Å². The van der Waals surface area contributed by atoms with Crippen LogP contribution in [0.4, 0.5) is 0 Å².